The van der Waals surface area contributed by atoms with E-state index in [1.54, 1.807) is 6.07 Å². The molecular weight excluding hydrogens is 429 g/mol. The lowest BCUT2D eigenvalue weighted by molar-refractivity contribution is 0.560. The standard InChI is InChI=1S/C16H12INO4S/c1-10-8-12(17)3-5-14(10)18-23(20,21)13-4-6-15-11(9-13)2-7-16(19)22-15/h2-9,18H,1H3. The summed E-state index contributed by atoms with van der Waals surface area (Å²) in [6.07, 6.45) is 0. The third-order valence-corrected chi connectivity index (χ3v) is 5.37. The SMILES string of the molecule is Cc1cc(I)ccc1NS(=O)(=O)c1ccc2oc(=O)ccc2c1. The van der Waals surface area contributed by atoms with Crippen LogP contribution in [-0.2, 0) is 10.0 Å². The van der Waals surface area contributed by atoms with Crippen molar-refractivity contribution in [2.75, 3.05) is 4.72 Å². The van der Waals surface area contributed by atoms with Crippen LogP contribution in [0.3, 0.4) is 0 Å². The van der Waals surface area contributed by atoms with E-state index in [1.165, 1.54) is 30.3 Å². The van der Waals surface area contributed by atoms with Gasteiger partial charge in [-0.25, -0.2) is 13.2 Å². The van der Waals surface area contributed by atoms with E-state index in [0.717, 1.165) is 9.13 Å². The Morgan fingerprint density at radius 1 is 1.04 bits per heavy atom. The maximum atomic E-state index is 12.5. The minimum absolute atomic E-state index is 0.108. The lowest BCUT2D eigenvalue weighted by Gasteiger charge is -2.11. The molecule has 0 saturated heterocycles. The first kappa shape index (κ1) is 16.0. The van der Waals surface area contributed by atoms with Crippen molar-refractivity contribution < 1.29 is 12.8 Å². The molecule has 0 aliphatic rings. The molecular formula is C16H12INO4S. The van der Waals surface area contributed by atoms with Crippen LogP contribution in [0.5, 0.6) is 0 Å². The van der Waals surface area contributed by atoms with E-state index in [9.17, 15) is 13.2 Å². The summed E-state index contributed by atoms with van der Waals surface area (Å²) in [7, 11) is -3.72. The molecule has 0 saturated carbocycles. The van der Waals surface area contributed by atoms with E-state index in [1.807, 2.05) is 19.1 Å². The minimum atomic E-state index is -3.72. The van der Waals surface area contributed by atoms with Gasteiger partial charge in [-0.2, -0.15) is 0 Å². The average Bonchev–Trinajstić information content (AvgIpc) is 2.49. The Kier molecular flexibility index (Phi) is 4.15. The van der Waals surface area contributed by atoms with Gasteiger partial charge in [0.05, 0.1) is 10.6 Å². The number of halogens is 1. The summed E-state index contributed by atoms with van der Waals surface area (Å²) in [5.41, 5.74) is 1.25. The van der Waals surface area contributed by atoms with Gasteiger partial charge >= 0.3 is 5.63 Å². The van der Waals surface area contributed by atoms with E-state index in [4.69, 9.17) is 4.42 Å². The molecule has 3 rings (SSSR count). The topological polar surface area (TPSA) is 76.4 Å². The van der Waals surface area contributed by atoms with Crippen LogP contribution in [-0.4, -0.2) is 8.42 Å². The molecule has 1 heterocycles. The summed E-state index contributed by atoms with van der Waals surface area (Å²) in [4.78, 5) is 11.3. The quantitative estimate of drug-likeness (QED) is 0.499. The molecule has 2 aromatic carbocycles. The molecule has 1 N–H and O–H groups in total. The van der Waals surface area contributed by atoms with E-state index >= 15 is 0 Å². The van der Waals surface area contributed by atoms with Gasteiger partial charge in [-0.1, -0.05) is 0 Å². The van der Waals surface area contributed by atoms with E-state index in [-0.39, 0.29) is 4.90 Å². The summed E-state index contributed by atoms with van der Waals surface area (Å²) in [5, 5.41) is 0.548. The van der Waals surface area contributed by atoms with Crippen LogP contribution in [0.1, 0.15) is 5.56 Å². The van der Waals surface area contributed by atoms with Gasteiger partial charge in [0.2, 0.25) is 0 Å². The monoisotopic (exact) mass is 441 g/mol. The van der Waals surface area contributed by atoms with Crippen molar-refractivity contribution in [2.45, 2.75) is 11.8 Å². The fourth-order valence-electron chi connectivity index (χ4n) is 2.16. The second-order valence-electron chi connectivity index (χ2n) is 5.02. The van der Waals surface area contributed by atoms with Crippen LogP contribution < -0.4 is 10.3 Å². The van der Waals surface area contributed by atoms with Crippen molar-refractivity contribution in [3.63, 3.8) is 0 Å². The van der Waals surface area contributed by atoms with Gasteiger partial charge in [-0.3, -0.25) is 4.72 Å². The second-order valence-corrected chi connectivity index (χ2v) is 7.95. The van der Waals surface area contributed by atoms with Crippen molar-refractivity contribution in [1.82, 2.24) is 0 Å². The fraction of sp³-hybridized carbons (Fsp3) is 0.0625. The zero-order valence-corrected chi connectivity index (χ0v) is 15.0. The number of aryl methyl sites for hydroxylation is 1. The number of benzene rings is 2. The van der Waals surface area contributed by atoms with Gasteiger partial charge in [-0.05, 0) is 77.5 Å². The fourth-order valence-corrected chi connectivity index (χ4v) is 3.97. The second kappa shape index (κ2) is 5.97. The maximum Gasteiger partial charge on any atom is 0.336 e. The molecule has 0 unspecified atom stereocenters. The molecule has 1 aromatic heterocycles. The number of nitrogens with one attached hydrogen (secondary N) is 1. The summed E-state index contributed by atoms with van der Waals surface area (Å²) in [5.74, 6) is 0. The minimum Gasteiger partial charge on any atom is -0.423 e. The van der Waals surface area contributed by atoms with Crippen LogP contribution in [0.4, 0.5) is 5.69 Å². The molecule has 7 heteroatoms. The Morgan fingerprint density at radius 3 is 2.57 bits per heavy atom. The Morgan fingerprint density at radius 2 is 1.83 bits per heavy atom. The first-order valence-corrected chi connectivity index (χ1v) is 9.24. The Labute approximate surface area is 146 Å². The van der Waals surface area contributed by atoms with E-state index in [2.05, 4.69) is 27.3 Å². The van der Waals surface area contributed by atoms with Crippen molar-refractivity contribution in [1.29, 1.82) is 0 Å². The molecule has 0 fully saturated rings. The summed E-state index contributed by atoms with van der Waals surface area (Å²) < 4.78 is 33.7. The molecule has 0 aliphatic carbocycles. The Balaban J connectivity index is 2.02. The van der Waals surface area contributed by atoms with Gasteiger partial charge in [0.15, 0.2) is 0 Å². The van der Waals surface area contributed by atoms with Crippen molar-refractivity contribution in [3.05, 3.63) is 68.1 Å². The highest BCUT2D eigenvalue weighted by molar-refractivity contribution is 14.1. The number of hydrogen-bond acceptors (Lipinski definition) is 4. The molecule has 0 amide bonds. The third-order valence-electron chi connectivity index (χ3n) is 3.33. The number of rotatable bonds is 3. The van der Waals surface area contributed by atoms with Crippen LogP contribution >= 0.6 is 22.6 Å². The van der Waals surface area contributed by atoms with Crippen LogP contribution in [0.2, 0.25) is 0 Å². The predicted molar refractivity (Wildman–Crippen MR) is 97.2 cm³/mol. The largest absolute Gasteiger partial charge is 0.423 e. The maximum absolute atomic E-state index is 12.5. The highest BCUT2D eigenvalue weighted by Gasteiger charge is 2.16. The summed E-state index contributed by atoms with van der Waals surface area (Å²) in [6.45, 7) is 1.84. The van der Waals surface area contributed by atoms with Gasteiger partial charge in [-0.15, -0.1) is 0 Å². The van der Waals surface area contributed by atoms with E-state index in [0.29, 0.717) is 16.7 Å². The van der Waals surface area contributed by atoms with Crippen molar-refractivity contribution >= 4 is 49.3 Å². The zero-order valence-electron chi connectivity index (χ0n) is 12.0. The number of fused-ring (bicyclic) bond motifs is 1. The Bertz CT molecular complexity index is 1060. The smallest absolute Gasteiger partial charge is 0.336 e. The highest BCUT2D eigenvalue weighted by atomic mass is 127. The first-order chi connectivity index (χ1) is 10.8. The van der Waals surface area contributed by atoms with E-state index < -0.39 is 15.6 Å². The predicted octanol–water partition coefficient (Wildman–Crippen LogP) is 3.51. The molecule has 23 heavy (non-hydrogen) atoms. The van der Waals surface area contributed by atoms with Gasteiger partial charge in [0, 0.05) is 15.0 Å². The normalized spacial score (nSPS) is 11.6. The zero-order chi connectivity index (χ0) is 16.6. The lowest BCUT2D eigenvalue weighted by atomic mass is 10.2. The molecule has 5 nitrogen and oxygen atoms in total. The molecule has 3 aromatic rings. The molecule has 0 radical (unpaired) electrons. The van der Waals surface area contributed by atoms with Crippen molar-refractivity contribution in [2.24, 2.45) is 0 Å². The molecule has 0 aliphatic heterocycles. The number of hydrogen-bond donors (Lipinski definition) is 1. The third kappa shape index (κ3) is 3.40. The molecule has 0 atom stereocenters. The van der Waals surface area contributed by atoms with Gasteiger partial charge in [0.1, 0.15) is 5.58 Å². The van der Waals surface area contributed by atoms with Gasteiger partial charge in [0.25, 0.3) is 10.0 Å². The molecule has 0 bridgehead atoms. The van der Waals surface area contributed by atoms with Crippen LogP contribution in [0, 0.1) is 10.5 Å². The van der Waals surface area contributed by atoms with Crippen molar-refractivity contribution in [3.8, 4) is 0 Å². The highest BCUT2D eigenvalue weighted by Crippen LogP contribution is 2.23. The summed E-state index contributed by atoms with van der Waals surface area (Å²) in [6, 6.07) is 12.6. The van der Waals surface area contributed by atoms with Gasteiger partial charge < -0.3 is 4.42 Å². The Hall–Kier alpha value is -1.87. The average molecular weight is 441 g/mol. The lowest BCUT2D eigenvalue weighted by Crippen LogP contribution is -2.13. The number of anilines is 1. The summed E-state index contributed by atoms with van der Waals surface area (Å²) >= 11 is 2.17. The van der Waals surface area contributed by atoms with Crippen LogP contribution in [0.15, 0.2) is 62.6 Å². The van der Waals surface area contributed by atoms with Crippen LogP contribution in [0.25, 0.3) is 11.0 Å². The first-order valence-electron chi connectivity index (χ1n) is 6.68. The molecule has 0 spiro atoms. The number of sulfonamides is 1. The molecule has 118 valence electrons.